The number of hydrogen-bond donors (Lipinski definition) is 1. The zero-order chi connectivity index (χ0) is 7.82. The van der Waals surface area contributed by atoms with E-state index in [4.69, 9.17) is 0 Å². The standard InChI is InChI=1S/C7H14NO2/c1-2-3-4-5-6-8-7(9)10/h8H,2-6H2,1H3. The van der Waals surface area contributed by atoms with E-state index < -0.39 is 6.09 Å². The largest absolute Gasteiger partial charge is 0.450 e. The molecule has 3 heteroatoms. The van der Waals surface area contributed by atoms with E-state index in [2.05, 4.69) is 12.2 Å². The molecule has 0 spiro atoms. The Balaban J connectivity index is 2.84. The smallest absolute Gasteiger partial charge is 0.318 e. The van der Waals surface area contributed by atoms with Gasteiger partial charge in [-0.05, 0) is 6.42 Å². The van der Waals surface area contributed by atoms with Crippen LogP contribution in [0.5, 0.6) is 0 Å². The fourth-order valence-electron chi connectivity index (χ4n) is 0.742. The van der Waals surface area contributed by atoms with Gasteiger partial charge in [-0.3, -0.25) is 0 Å². The summed E-state index contributed by atoms with van der Waals surface area (Å²) in [7, 11) is 0. The van der Waals surface area contributed by atoms with Crippen molar-refractivity contribution in [2.75, 3.05) is 6.54 Å². The zero-order valence-corrected chi connectivity index (χ0v) is 6.35. The number of nitrogens with one attached hydrogen (secondary N) is 1. The monoisotopic (exact) mass is 144 g/mol. The van der Waals surface area contributed by atoms with Crippen LogP contribution in [-0.4, -0.2) is 12.6 Å². The molecule has 1 amide bonds. The number of carbonyl (C=O) groups is 1. The van der Waals surface area contributed by atoms with Gasteiger partial charge in [0.25, 0.3) is 0 Å². The van der Waals surface area contributed by atoms with Crippen LogP contribution in [0.2, 0.25) is 0 Å². The molecule has 0 unspecified atom stereocenters. The number of amides is 1. The molecule has 0 aliphatic rings. The van der Waals surface area contributed by atoms with Crippen LogP contribution in [0.15, 0.2) is 0 Å². The summed E-state index contributed by atoms with van der Waals surface area (Å²) in [5.74, 6) is 0. The van der Waals surface area contributed by atoms with E-state index in [1.54, 1.807) is 0 Å². The molecule has 0 aromatic heterocycles. The summed E-state index contributed by atoms with van der Waals surface area (Å²) < 4.78 is 0. The lowest BCUT2D eigenvalue weighted by molar-refractivity contribution is 0.168. The quantitative estimate of drug-likeness (QED) is 0.586. The van der Waals surface area contributed by atoms with Crippen molar-refractivity contribution in [1.82, 2.24) is 5.32 Å². The van der Waals surface area contributed by atoms with Crippen LogP contribution in [-0.2, 0) is 5.11 Å². The van der Waals surface area contributed by atoms with Crippen LogP contribution in [0.4, 0.5) is 4.79 Å². The summed E-state index contributed by atoms with van der Waals surface area (Å²) in [6.45, 7) is 2.65. The van der Waals surface area contributed by atoms with Gasteiger partial charge in [-0.1, -0.05) is 26.2 Å². The molecular weight excluding hydrogens is 130 g/mol. The van der Waals surface area contributed by atoms with Crippen molar-refractivity contribution >= 4 is 6.09 Å². The summed E-state index contributed by atoms with van der Waals surface area (Å²) >= 11 is 0. The summed E-state index contributed by atoms with van der Waals surface area (Å²) in [4.78, 5) is 9.81. The van der Waals surface area contributed by atoms with Crippen LogP contribution in [0.1, 0.15) is 32.6 Å². The van der Waals surface area contributed by atoms with E-state index in [0.717, 1.165) is 12.8 Å². The molecular formula is C7H14NO2. The predicted molar refractivity (Wildman–Crippen MR) is 38.2 cm³/mol. The third kappa shape index (κ3) is 7.27. The molecule has 0 aliphatic carbocycles. The van der Waals surface area contributed by atoms with E-state index in [9.17, 15) is 9.90 Å². The first-order valence-corrected chi connectivity index (χ1v) is 3.72. The highest BCUT2D eigenvalue weighted by atomic mass is 16.4. The highest BCUT2D eigenvalue weighted by Crippen LogP contribution is 1.96. The molecule has 0 heterocycles. The lowest BCUT2D eigenvalue weighted by atomic mass is 10.2. The Hall–Kier alpha value is -0.730. The van der Waals surface area contributed by atoms with Crippen molar-refractivity contribution in [3.8, 4) is 0 Å². The van der Waals surface area contributed by atoms with Gasteiger partial charge >= 0.3 is 6.09 Å². The average Bonchev–Trinajstić information content (AvgIpc) is 1.87. The van der Waals surface area contributed by atoms with E-state index in [1.165, 1.54) is 12.8 Å². The Kier molecular flexibility index (Phi) is 5.92. The number of carbonyl (C=O) groups excluding carboxylic acids is 1. The molecule has 1 N–H and O–H groups in total. The van der Waals surface area contributed by atoms with Crippen LogP contribution in [0, 0.1) is 0 Å². The van der Waals surface area contributed by atoms with E-state index in [-0.39, 0.29) is 0 Å². The molecule has 10 heavy (non-hydrogen) atoms. The summed E-state index contributed by atoms with van der Waals surface area (Å²) in [5, 5.41) is 12.0. The first kappa shape index (κ1) is 9.27. The SMILES string of the molecule is CCCCCCNC([O])=O. The van der Waals surface area contributed by atoms with Crippen LogP contribution >= 0.6 is 0 Å². The van der Waals surface area contributed by atoms with E-state index in [1.807, 2.05) is 0 Å². The summed E-state index contributed by atoms with van der Waals surface area (Å²) in [6.07, 6.45) is 3.19. The minimum Gasteiger partial charge on any atom is -0.318 e. The van der Waals surface area contributed by atoms with Crippen molar-refractivity contribution in [1.29, 1.82) is 0 Å². The van der Waals surface area contributed by atoms with Gasteiger partial charge in [-0.25, -0.2) is 9.90 Å². The Bertz CT molecular complexity index is 93.6. The lowest BCUT2D eigenvalue weighted by Gasteiger charge is -1.97. The average molecular weight is 144 g/mol. The number of unbranched alkanes of at least 4 members (excludes halogenated alkanes) is 3. The van der Waals surface area contributed by atoms with Crippen molar-refractivity contribution in [2.24, 2.45) is 0 Å². The molecule has 0 bridgehead atoms. The van der Waals surface area contributed by atoms with Gasteiger partial charge in [0.1, 0.15) is 0 Å². The minimum atomic E-state index is -1.17. The molecule has 0 atom stereocenters. The normalized spacial score (nSPS) is 9.30. The van der Waals surface area contributed by atoms with Gasteiger partial charge in [-0.2, -0.15) is 0 Å². The predicted octanol–water partition coefficient (Wildman–Crippen LogP) is 1.71. The van der Waals surface area contributed by atoms with Gasteiger partial charge in [-0.15, -0.1) is 0 Å². The minimum absolute atomic E-state index is 0.530. The molecule has 0 aromatic rings. The molecule has 0 fully saturated rings. The van der Waals surface area contributed by atoms with Crippen molar-refractivity contribution < 1.29 is 9.90 Å². The maximum absolute atomic E-state index is 9.81. The molecule has 0 rings (SSSR count). The van der Waals surface area contributed by atoms with Gasteiger partial charge < -0.3 is 5.32 Å². The number of rotatable bonds is 5. The van der Waals surface area contributed by atoms with Crippen molar-refractivity contribution in [2.45, 2.75) is 32.6 Å². The van der Waals surface area contributed by atoms with Crippen LogP contribution < -0.4 is 5.32 Å². The molecule has 3 nitrogen and oxygen atoms in total. The number of hydrogen-bond acceptors (Lipinski definition) is 1. The fourth-order valence-corrected chi connectivity index (χ4v) is 0.742. The van der Waals surface area contributed by atoms with E-state index in [0.29, 0.717) is 6.54 Å². The van der Waals surface area contributed by atoms with Crippen LogP contribution in [0.3, 0.4) is 0 Å². The molecule has 59 valence electrons. The van der Waals surface area contributed by atoms with Gasteiger partial charge in [0.15, 0.2) is 0 Å². The second-order valence-electron chi connectivity index (χ2n) is 2.27. The maximum atomic E-state index is 9.81. The van der Waals surface area contributed by atoms with E-state index >= 15 is 0 Å². The summed E-state index contributed by atoms with van der Waals surface area (Å²) in [6, 6.07) is 0. The van der Waals surface area contributed by atoms with Crippen molar-refractivity contribution in [3.63, 3.8) is 0 Å². The Labute approximate surface area is 61.4 Å². The first-order chi connectivity index (χ1) is 4.77. The van der Waals surface area contributed by atoms with Crippen LogP contribution in [0.25, 0.3) is 0 Å². The van der Waals surface area contributed by atoms with Gasteiger partial charge in [0.2, 0.25) is 0 Å². The maximum Gasteiger partial charge on any atom is 0.450 e. The third-order valence-electron chi connectivity index (χ3n) is 1.30. The Morgan fingerprint density at radius 2 is 2.00 bits per heavy atom. The second-order valence-corrected chi connectivity index (χ2v) is 2.27. The highest BCUT2D eigenvalue weighted by molar-refractivity contribution is 5.63. The summed E-state index contributed by atoms with van der Waals surface area (Å²) in [5.41, 5.74) is 0. The Morgan fingerprint density at radius 1 is 1.30 bits per heavy atom. The molecule has 0 aromatic carbocycles. The molecule has 1 radical (unpaired) electrons. The van der Waals surface area contributed by atoms with Gasteiger partial charge in [0.05, 0.1) is 0 Å². The second kappa shape index (κ2) is 6.39. The highest BCUT2D eigenvalue weighted by Gasteiger charge is 1.93. The molecule has 0 saturated carbocycles. The van der Waals surface area contributed by atoms with Gasteiger partial charge in [0, 0.05) is 6.54 Å². The Morgan fingerprint density at radius 3 is 2.50 bits per heavy atom. The molecule has 0 aliphatic heterocycles. The van der Waals surface area contributed by atoms with Crippen molar-refractivity contribution in [3.05, 3.63) is 0 Å². The fraction of sp³-hybridized carbons (Fsp3) is 0.857. The zero-order valence-electron chi connectivity index (χ0n) is 6.35. The topological polar surface area (TPSA) is 49.0 Å². The lowest BCUT2D eigenvalue weighted by Crippen LogP contribution is -2.20. The first-order valence-electron chi connectivity index (χ1n) is 3.72. The molecule has 0 saturated heterocycles. The third-order valence-corrected chi connectivity index (χ3v) is 1.30.